The molecule has 1 aromatic carbocycles. The maximum atomic E-state index is 12.8. The van der Waals surface area contributed by atoms with E-state index in [0.29, 0.717) is 6.61 Å². The predicted octanol–water partition coefficient (Wildman–Crippen LogP) is 2.88. The van der Waals surface area contributed by atoms with Gasteiger partial charge in [-0.1, -0.05) is 29.8 Å². The second kappa shape index (κ2) is 6.85. The fraction of sp³-hybridized carbons (Fsp3) is 0.650. The molecule has 1 spiro atoms. The summed E-state index contributed by atoms with van der Waals surface area (Å²) in [6.45, 7) is 8.16. The number of aryl methyl sites for hydroxylation is 1. The molecule has 3 atom stereocenters. The van der Waals surface area contributed by atoms with Crippen molar-refractivity contribution in [3.8, 4) is 0 Å². The molecule has 1 N–H and O–H groups in total. The maximum Gasteiger partial charge on any atom is 0.229 e. The number of amides is 1. The number of carbonyl (C=O) groups is 1. The van der Waals surface area contributed by atoms with Crippen LogP contribution in [0.3, 0.4) is 0 Å². The van der Waals surface area contributed by atoms with Crippen LogP contribution in [0.15, 0.2) is 24.3 Å². The Morgan fingerprint density at radius 2 is 2.12 bits per heavy atom. The number of nitrogens with zero attached hydrogens (tertiary/aromatic N) is 1. The normalized spacial score (nSPS) is 26.9. The van der Waals surface area contributed by atoms with Crippen molar-refractivity contribution in [2.24, 2.45) is 5.41 Å². The molecule has 1 aromatic rings. The topological polar surface area (TPSA) is 49.8 Å². The number of hydrogen-bond donors (Lipinski definition) is 1. The molecule has 24 heavy (non-hydrogen) atoms. The van der Waals surface area contributed by atoms with Crippen molar-refractivity contribution in [2.45, 2.75) is 58.2 Å². The van der Waals surface area contributed by atoms with E-state index >= 15 is 0 Å². The molecule has 132 valence electrons. The molecule has 1 aliphatic heterocycles. The van der Waals surface area contributed by atoms with Crippen molar-refractivity contribution >= 4 is 5.91 Å². The van der Waals surface area contributed by atoms with Crippen LogP contribution in [-0.4, -0.2) is 47.8 Å². The second-order valence-corrected chi connectivity index (χ2v) is 7.39. The van der Waals surface area contributed by atoms with Gasteiger partial charge in [0.25, 0.3) is 0 Å². The number of ether oxygens (including phenoxy) is 1. The van der Waals surface area contributed by atoms with Gasteiger partial charge in [-0.3, -0.25) is 4.79 Å². The number of aliphatic hydroxyl groups is 1. The van der Waals surface area contributed by atoms with Crippen LogP contribution in [0.25, 0.3) is 0 Å². The number of benzene rings is 1. The Labute approximate surface area is 144 Å². The predicted molar refractivity (Wildman–Crippen MR) is 93.9 cm³/mol. The first-order valence-corrected chi connectivity index (χ1v) is 9.13. The summed E-state index contributed by atoms with van der Waals surface area (Å²) in [6.07, 6.45) is 2.29. The Morgan fingerprint density at radius 3 is 2.71 bits per heavy atom. The quantitative estimate of drug-likeness (QED) is 0.923. The van der Waals surface area contributed by atoms with Crippen molar-refractivity contribution in [3.05, 3.63) is 35.4 Å². The van der Waals surface area contributed by atoms with E-state index in [4.69, 9.17) is 4.74 Å². The van der Waals surface area contributed by atoms with Crippen molar-refractivity contribution in [1.29, 1.82) is 0 Å². The van der Waals surface area contributed by atoms with E-state index in [1.165, 1.54) is 5.56 Å². The lowest BCUT2D eigenvalue weighted by atomic mass is 9.58. The van der Waals surface area contributed by atoms with E-state index < -0.39 is 0 Å². The van der Waals surface area contributed by atoms with Crippen LogP contribution in [0, 0.1) is 12.3 Å². The van der Waals surface area contributed by atoms with Gasteiger partial charge in [0, 0.05) is 31.5 Å². The summed E-state index contributed by atoms with van der Waals surface area (Å²) < 4.78 is 5.80. The molecule has 2 aliphatic rings. The van der Waals surface area contributed by atoms with E-state index in [-0.39, 0.29) is 29.4 Å². The molecule has 1 aliphatic carbocycles. The first-order valence-electron chi connectivity index (χ1n) is 9.13. The fourth-order valence-electron chi connectivity index (χ4n) is 4.32. The van der Waals surface area contributed by atoms with Gasteiger partial charge in [0.05, 0.1) is 18.1 Å². The minimum atomic E-state index is -0.277. The van der Waals surface area contributed by atoms with Gasteiger partial charge in [0.1, 0.15) is 0 Å². The average molecular weight is 331 g/mol. The summed E-state index contributed by atoms with van der Waals surface area (Å²) in [6, 6.07) is 8.19. The van der Waals surface area contributed by atoms with Gasteiger partial charge < -0.3 is 14.7 Å². The molecule has 3 unspecified atom stereocenters. The van der Waals surface area contributed by atoms with E-state index in [1.54, 1.807) is 0 Å². The summed E-state index contributed by atoms with van der Waals surface area (Å²) in [5.41, 5.74) is 2.14. The third-order valence-corrected chi connectivity index (χ3v) is 6.03. The highest BCUT2D eigenvalue weighted by molar-refractivity contribution is 5.83. The van der Waals surface area contributed by atoms with E-state index in [2.05, 4.69) is 19.1 Å². The van der Waals surface area contributed by atoms with Gasteiger partial charge in [-0.15, -0.1) is 0 Å². The first-order chi connectivity index (χ1) is 11.5. The van der Waals surface area contributed by atoms with Crippen molar-refractivity contribution in [1.82, 2.24) is 4.90 Å². The summed E-state index contributed by atoms with van der Waals surface area (Å²) >= 11 is 0. The molecule has 4 heteroatoms. The lowest BCUT2D eigenvalue weighted by Gasteiger charge is -2.56. The molecule has 4 nitrogen and oxygen atoms in total. The van der Waals surface area contributed by atoms with Crippen molar-refractivity contribution in [2.75, 3.05) is 19.7 Å². The lowest BCUT2D eigenvalue weighted by Crippen LogP contribution is -2.62. The number of aliphatic hydroxyl groups excluding tert-OH is 1. The molecular formula is C20H29NO3. The Kier molecular flexibility index (Phi) is 4.97. The minimum absolute atomic E-state index is 0.118. The molecule has 0 bridgehead atoms. The fourth-order valence-corrected chi connectivity index (χ4v) is 4.32. The van der Waals surface area contributed by atoms with Crippen molar-refractivity contribution in [3.63, 3.8) is 0 Å². The molecule has 0 radical (unpaired) electrons. The number of likely N-dealkylation sites (tertiary alicyclic amines) is 1. The number of hydrogen-bond acceptors (Lipinski definition) is 3. The molecule has 1 heterocycles. The first kappa shape index (κ1) is 17.4. The van der Waals surface area contributed by atoms with Gasteiger partial charge in [-0.05, 0) is 39.2 Å². The highest BCUT2D eigenvalue weighted by Gasteiger charge is 2.56. The molecule has 0 aromatic heterocycles. The maximum absolute atomic E-state index is 12.8. The number of rotatable bonds is 4. The van der Waals surface area contributed by atoms with Gasteiger partial charge >= 0.3 is 0 Å². The Morgan fingerprint density at radius 1 is 1.42 bits per heavy atom. The van der Waals surface area contributed by atoms with Gasteiger partial charge in [0.2, 0.25) is 5.91 Å². The summed E-state index contributed by atoms with van der Waals surface area (Å²) in [5.74, 6) is 0.0742. The zero-order valence-corrected chi connectivity index (χ0v) is 15.0. The molecular weight excluding hydrogens is 302 g/mol. The van der Waals surface area contributed by atoms with Gasteiger partial charge in [0.15, 0.2) is 0 Å². The largest absolute Gasteiger partial charge is 0.392 e. The Bertz CT molecular complexity index is 590. The highest BCUT2D eigenvalue weighted by Crippen LogP contribution is 2.51. The zero-order chi connectivity index (χ0) is 17.3. The van der Waals surface area contributed by atoms with Crippen molar-refractivity contribution < 1.29 is 14.6 Å². The van der Waals surface area contributed by atoms with Crippen LogP contribution in [-0.2, 0) is 9.53 Å². The molecule has 1 saturated carbocycles. The standard InChI is InChI=1S/C20H29NO3/c1-4-24-18-13-17(22)20(18)8-10-21(11-9-20)19(23)15(3)16-7-5-6-14(2)12-16/h5-7,12,15,17-18,22H,4,8-11,13H2,1-3H3. The Hall–Kier alpha value is -1.39. The minimum Gasteiger partial charge on any atom is -0.392 e. The molecule has 3 rings (SSSR count). The van der Waals surface area contributed by atoms with Crippen LogP contribution < -0.4 is 0 Å². The summed E-state index contributed by atoms with van der Waals surface area (Å²) in [4.78, 5) is 14.8. The third kappa shape index (κ3) is 2.98. The SMILES string of the molecule is CCOC1CC(O)C12CCN(C(=O)C(C)c1cccc(C)c1)CC2. The second-order valence-electron chi connectivity index (χ2n) is 7.39. The molecule has 2 fully saturated rings. The smallest absolute Gasteiger partial charge is 0.229 e. The summed E-state index contributed by atoms with van der Waals surface area (Å²) in [7, 11) is 0. The van der Waals surface area contributed by atoms with Crippen LogP contribution >= 0.6 is 0 Å². The highest BCUT2D eigenvalue weighted by atomic mass is 16.5. The third-order valence-electron chi connectivity index (χ3n) is 6.03. The van der Waals surface area contributed by atoms with Crippen LogP contribution in [0.2, 0.25) is 0 Å². The average Bonchev–Trinajstić information content (AvgIpc) is 2.60. The number of piperidine rings is 1. The van der Waals surface area contributed by atoms with E-state index in [9.17, 15) is 9.90 Å². The van der Waals surface area contributed by atoms with Crippen LogP contribution in [0.5, 0.6) is 0 Å². The molecule has 1 saturated heterocycles. The monoisotopic (exact) mass is 331 g/mol. The molecule has 1 amide bonds. The van der Waals surface area contributed by atoms with Gasteiger partial charge in [-0.2, -0.15) is 0 Å². The zero-order valence-electron chi connectivity index (χ0n) is 15.0. The van der Waals surface area contributed by atoms with Gasteiger partial charge in [-0.25, -0.2) is 0 Å². The van der Waals surface area contributed by atoms with Crippen LogP contribution in [0.1, 0.15) is 50.2 Å². The summed E-state index contributed by atoms with van der Waals surface area (Å²) in [5, 5.41) is 10.3. The lowest BCUT2D eigenvalue weighted by molar-refractivity contribution is -0.210. The van der Waals surface area contributed by atoms with E-state index in [1.807, 2.05) is 30.9 Å². The van der Waals surface area contributed by atoms with Crippen LogP contribution in [0.4, 0.5) is 0 Å². The number of carbonyl (C=O) groups excluding carboxylic acids is 1. The van der Waals surface area contributed by atoms with E-state index in [0.717, 1.165) is 37.9 Å². The Balaban J connectivity index is 1.63.